The molecule has 1 saturated heterocycles. The number of amides is 6. The van der Waals surface area contributed by atoms with Crippen LogP contribution < -0.4 is 32.3 Å². The molecule has 19 heteroatoms. The molecule has 1 fully saturated rings. The standard InChI is InChI=1S/C45H59N7O12/c1-5-24(2)37(50-41(59)34(22-28-10-16-31(55)17-11-28)48-40(58)33(46)21-27-8-14-30(54)15-9-27)43(61)49-35(23-29-12-18-32(56)19-13-29)44(62)52-20-6-7-36(52)42(60)47-25(3)39(57)51-38(26(4)53)45(63)64/h8-19,24-26,33-38,53-56H,5-7,20-23,46H2,1-4H3,(H,47,60)(H,48,58)(H,49,61)(H,50,59)(H,51,57)(H,63,64)/t24-,25-,26+,33-,34-,35-,36-,37-,38-/m0/s1. The van der Waals surface area contributed by atoms with Crippen LogP contribution >= 0.6 is 0 Å². The topological polar surface area (TPSA) is 310 Å². The van der Waals surface area contributed by atoms with Crippen molar-refractivity contribution >= 4 is 41.4 Å². The number of phenolic OH excluding ortho intramolecular Hbond substituents is 3. The Labute approximate surface area is 370 Å². The first kappa shape index (κ1) is 49.9. The predicted molar refractivity (Wildman–Crippen MR) is 232 cm³/mol. The van der Waals surface area contributed by atoms with E-state index in [-0.39, 0.29) is 49.5 Å². The van der Waals surface area contributed by atoms with Crippen LogP contribution in [-0.4, -0.2) is 127 Å². The number of nitrogens with zero attached hydrogens (tertiary/aromatic N) is 1. The zero-order chi connectivity index (χ0) is 47.2. The summed E-state index contributed by atoms with van der Waals surface area (Å²) in [6.45, 7) is 6.14. The molecule has 0 unspecified atom stereocenters. The fraction of sp³-hybridized carbons (Fsp3) is 0.444. The van der Waals surface area contributed by atoms with Gasteiger partial charge in [0, 0.05) is 19.4 Å². The summed E-state index contributed by atoms with van der Waals surface area (Å²) < 4.78 is 0. The summed E-state index contributed by atoms with van der Waals surface area (Å²) in [4.78, 5) is 95.7. The van der Waals surface area contributed by atoms with E-state index in [0.29, 0.717) is 29.5 Å². The minimum Gasteiger partial charge on any atom is -0.508 e. The normalized spacial score (nSPS) is 17.3. The number of nitrogens with one attached hydrogen (secondary N) is 5. The fourth-order valence-corrected chi connectivity index (χ4v) is 7.16. The van der Waals surface area contributed by atoms with Gasteiger partial charge in [-0.05, 0) is 92.1 Å². The molecule has 0 aromatic heterocycles. The van der Waals surface area contributed by atoms with Crippen molar-refractivity contribution in [3.05, 3.63) is 89.5 Å². The van der Waals surface area contributed by atoms with Crippen LogP contribution in [0.3, 0.4) is 0 Å². The highest BCUT2D eigenvalue weighted by Gasteiger charge is 2.40. The Hall–Kier alpha value is -6.73. The van der Waals surface area contributed by atoms with Crippen molar-refractivity contribution in [2.24, 2.45) is 11.7 Å². The molecule has 346 valence electrons. The van der Waals surface area contributed by atoms with Gasteiger partial charge >= 0.3 is 5.97 Å². The summed E-state index contributed by atoms with van der Waals surface area (Å²) in [6, 6.07) is 9.19. The Morgan fingerprint density at radius 3 is 1.59 bits per heavy atom. The molecule has 3 aromatic rings. The molecule has 64 heavy (non-hydrogen) atoms. The smallest absolute Gasteiger partial charge is 0.328 e. The number of carboxylic acid groups (broad SMARTS) is 1. The van der Waals surface area contributed by atoms with E-state index in [9.17, 15) is 59.1 Å². The van der Waals surface area contributed by atoms with Crippen LogP contribution in [0.4, 0.5) is 0 Å². The molecule has 0 saturated carbocycles. The molecule has 6 amide bonds. The number of benzene rings is 3. The number of hydrogen-bond acceptors (Lipinski definition) is 12. The van der Waals surface area contributed by atoms with Gasteiger partial charge in [-0.3, -0.25) is 28.8 Å². The number of carbonyl (C=O) groups excluding carboxylic acids is 6. The van der Waals surface area contributed by atoms with Crippen LogP contribution in [0.15, 0.2) is 72.8 Å². The van der Waals surface area contributed by atoms with Gasteiger partial charge in [-0.1, -0.05) is 56.7 Å². The van der Waals surface area contributed by atoms with Crippen molar-refractivity contribution in [1.29, 1.82) is 0 Å². The first-order chi connectivity index (χ1) is 30.3. The number of aromatic hydroxyl groups is 3. The third-order valence-corrected chi connectivity index (χ3v) is 11.2. The number of hydrogen-bond donors (Lipinski definition) is 11. The molecule has 4 rings (SSSR count). The van der Waals surface area contributed by atoms with Crippen LogP contribution in [0.1, 0.15) is 63.6 Å². The highest BCUT2D eigenvalue weighted by molar-refractivity contribution is 5.97. The van der Waals surface area contributed by atoms with Crippen LogP contribution in [0.5, 0.6) is 17.2 Å². The summed E-state index contributed by atoms with van der Waals surface area (Å²) in [5.41, 5.74) is 8.02. The number of carbonyl (C=O) groups is 7. The van der Waals surface area contributed by atoms with Gasteiger partial charge in [-0.2, -0.15) is 0 Å². The Bertz CT molecular complexity index is 2100. The largest absolute Gasteiger partial charge is 0.508 e. The van der Waals surface area contributed by atoms with E-state index in [1.54, 1.807) is 50.2 Å². The lowest BCUT2D eigenvalue weighted by molar-refractivity contribution is -0.145. The van der Waals surface area contributed by atoms with E-state index in [2.05, 4.69) is 26.6 Å². The fourth-order valence-electron chi connectivity index (χ4n) is 7.16. The molecule has 0 radical (unpaired) electrons. The lowest BCUT2D eigenvalue weighted by Gasteiger charge is -2.32. The van der Waals surface area contributed by atoms with Crippen molar-refractivity contribution in [1.82, 2.24) is 31.5 Å². The van der Waals surface area contributed by atoms with Gasteiger partial charge in [0.2, 0.25) is 35.4 Å². The summed E-state index contributed by atoms with van der Waals surface area (Å²) in [5, 5.41) is 61.5. The highest BCUT2D eigenvalue weighted by atomic mass is 16.4. The van der Waals surface area contributed by atoms with Crippen LogP contribution in [0.25, 0.3) is 0 Å². The quantitative estimate of drug-likeness (QED) is 0.0678. The van der Waals surface area contributed by atoms with Crippen LogP contribution in [-0.2, 0) is 52.8 Å². The van der Waals surface area contributed by atoms with Gasteiger partial charge in [0.05, 0.1) is 12.1 Å². The van der Waals surface area contributed by atoms with Crippen molar-refractivity contribution in [2.45, 2.75) is 115 Å². The second-order valence-electron chi connectivity index (χ2n) is 16.2. The van der Waals surface area contributed by atoms with Crippen LogP contribution in [0.2, 0.25) is 0 Å². The summed E-state index contributed by atoms with van der Waals surface area (Å²) in [5.74, 6) is -6.39. The van der Waals surface area contributed by atoms with Crippen LogP contribution in [0, 0.1) is 5.92 Å². The van der Waals surface area contributed by atoms with E-state index in [1.807, 2.05) is 0 Å². The second kappa shape index (κ2) is 23.1. The summed E-state index contributed by atoms with van der Waals surface area (Å²) in [7, 11) is 0. The lowest BCUT2D eigenvalue weighted by atomic mass is 9.96. The molecule has 1 heterocycles. The van der Waals surface area contributed by atoms with E-state index in [4.69, 9.17) is 5.73 Å². The minimum atomic E-state index is -1.63. The Balaban J connectivity index is 1.56. The highest BCUT2D eigenvalue weighted by Crippen LogP contribution is 2.22. The number of aliphatic hydroxyl groups excluding tert-OH is 1. The average molecular weight is 890 g/mol. The third-order valence-electron chi connectivity index (χ3n) is 11.2. The maximum absolute atomic E-state index is 14.5. The first-order valence-corrected chi connectivity index (χ1v) is 21.1. The van der Waals surface area contributed by atoms with E-state index in [1.165, 1.54) is 55.1 Å². The maximum Gasteiger partial charge on any atom is 0.328 e. The number of aliphatic hydroxyl groups is 1. The summed E-state index contributed by atoms with van der Waals surface area (Å²) in [6.07, 6.45) is -0.503. The number of likely N-dealkylation sites (tertiary alicyclic amines) is 1. The number of rotatable bonds is 21. The average Bonchev–Trinajstić information content (AvgIpc) is 3.76. The zero-order valence-electron chi connectivity index (χ0n) is 36.2. The Kier molecular flexibility index (Phi) is 18.0. The Morgan fingerprint density at radius 1 is 0.641 bits per heavy atom. The molecule has 0 aliphatic carbocycles. The van der Waals surface area contributed by atoms with Crippen molar-refractivity contribution in [3.8, 4) is 17.2 Å². The molecule has 19 nitrogen and oxygen atoms in total. The lowest BCUT2D eigenvalue weighted by Crippen LogP contribution is -2.61. The molecule has 1 aliphatic heterocycles. The molecule has 3 aromatic carbocycles. The van der Waals surface area contributed by atoms with E-state index in [0.717, 1.165) is 0 Å². The monoisotopic (exact) mass is 889 g/mol. The molecule has 0 bridgehead atoms. The predicted octanol–water partition coefficient (Wildman–Crippen LogP) is 0.105. The van der Waals surface area contributed by atoms with Gasteiger partial charge in [-0.15, -0.1) is 0 Å². The SMILES string of the molecule is CC[C@H](C)[C@H](NC(=O)[C@H](Cc1ccc(O)cc1)NC(=O)[C@@H](N)Cc1ccc(O)cc1)C(=O)N[C@@H](Cc1ccc(O)cc1)C(=O)N1CCC[C@H]1C(=O)N[C@@H](C)C(=O)N[C@H](C(=O)O)[C@@H](C)O. The zero-order valence-corrected chi connectivity index (χ0v) is 36.2. The van der Waals surface area contributed by atoms with Crippen molar-refractivity contribution < 1.29 is 59.1 Å². The number of aliphatic carboxylic acids is 1. The number of phenols is 3. The van der Waals surface area contributed by atoms with Crippen molar-refractivity contribution in [3.63, 3.8) is 0 Å². The molecule has 12 N–H and O–H groups in total. The molecule has 0 spiro atoms. The second-order valence-corrected chi connectivity index (χ2v) is 16.2. The molecule has 9 atom stereocenters. The van der Waals surface area contributed by atoms with Gasteiger partial charge in [-0.25, -0.2) is 4.79 Å². The first-order valence-electron chi connectivity index (χ1n) is 21.1. The van der Waals surface area contributed by atoms with E-state index >= 15 is 0 Å². The number of carboxylic acids is 1. The van der Waals surface area contributed by atoms with Gasteiger partial charge in [0.15, 0.2) is 6.04 Å². The third kappa shape index (κ3) is 14.1. The molecular formula is C45H59N7O12. The maximum atomic E-state index is 14.5. The number of nitrogens with two attached hydrogens (primary N) is 1. The molecule has 1 aliphatic rings. The Morgan fingerprint density at radius 2 is 1.11 bits per heavy atom. The van der Waals surface area contributed by atoms with Gasteiger partial charge in [0.25, 0.3) is 0 Å². The van der Waals surface area contributed by atoms with Crippen molar-refractivity contribution in [2.75, 3.05) is 6.54 Å². The van der Waals surface area contributed by atoms with E-state index < -0.39 is 95.7 Å². The molecular weight excluding hydrogens is 831 g/mol. The van der Waals surface area contributed by atoms with Gasteiger partial charge in [0.1, 0.15) is 47.5 Å². The summed E-state index contributed by atoms with van der Waals surface area (Å²) >= 11 is 0. The van der Waals surface area contributed by atoms with Gasteiger partial charge < -0.3 is 62.8 Å². The minimum absolute atomic E-state index is 0.0166.